The molecule has 1 atom stereocenters. The van der Waals surface area contributed by atoms with Gasteiger partial charge in [0.25, 0.3) is 5.91 Å². The van der Waals surface area contributed by atoms with Gasteiger partial charge in [0, 0.05) is 25.8 Å². The second-order valence-corrected chi connectivity index (χ2v) is 8.47. The highest BCUT2D eigenvalue weighted by molar-refractivity contribution is 5.93. The van der Waals surface area contributed by atoms with Crippen LogP contribution in [0.15, 0.2) is 73.4 Å². The van der Waals surface area contributed by atoms with E-state index in [1.54, 1.807) is 23.2 Å². The van der Waals surface area contributed by atoms with Crippen LogP contribution in [0.5, 0.6) is 0 Å². The van der Waals surface area contributed by atoms with Crippen LogP contribution in [-0.2, 0) is 11.2 Å². The number of nitrogens with zero attached hydrogens (tertiary/aromatic N) is 2. The molecule has 164 valence electrons. The van der Waals surface area contributed by atoms with Crippen molar-refractivity contribution in [3.05, 3.63) is 90.3 Å². The van der Waals surface area contributed by atoms with Crippen LogP contribution in [0, 0.1) is 12.3 Å². The molecule has 1 aliphatic heterocycles. The maximum Gasteiger partial charge on any atom is 0.271 e. The fourth-order valence-corrected chi connectivity index (χ4v) is 4.35. The van der Waals surface area contributed by atoms with Gasteiger partial charge in [-0.3, -0.25) is 14.7 Å². The van der Waals surface area contributed by atoms with E-state index in [-0.39, 0.29) is 11.8 Å². The molecule has 3 aromatic rings. The average molecular weight is 429 g/mol. The van der Waals surface area contributed by atoms with Gasteiger partial charge in [-0.05, 0) is 42.5 Å². The molecule has 2 N–H and O–H groups in total. The van der Waals surface area contributed by atoms with Crippen LogP contribution in [0.2, 0.25) is 0 Å². The third-order valence-electron chi connectivity index (χ3n) is 6.12. The number of nitrogens with one attached hydrogen (secondary N) is 2. The Kier molecular flexibility index (Phi) is 6.21. The van der Waals surface area contributed by atoms with Crippen LogP contribution < -0.4 is 5.32 Å². The molecule has 6 heteroatoms. The van der Waals surface area contributed by atoms with Crippen LogP contribution in [0.3, 0.4) is 0 Å². The number of hydrogen-bond donors (Lipinski definition) is 2. The van der Waals surface area contributed by atoms with Gasteiger partial charge in [0.05, 0.1) is 5.41 Å². The Morgan fingerprint density at radius 1 is 1.19 bits per heavy atom. The first-order valence-electron chi connectivity index (χ1n) is 10.8. The Balaban J connectivity index is 1.60. The van der Waals surface area contributed by atoms with Gasteiger partial charge in [-0.25, -0.2) is 0 Å². The molecule has 1 aliphatic rings. The summed E-state index contributed by atoms with van der Waals surface area (Å²) in [7, 11) is 0. The molecule has 0 radical (unpaired) electrons. The quantitative estimate of drug-likeness (QED) is 0.563. The van der Waals surface area contributed by atoms with Crippen molar-refractivity contribution in [2.24, 2.45) is 5.41 Å². The molecule has 1 fully saturated rings. The second kappa shape index (κ2) is 9.22. The van der Waals surface area contributed by atoms with Crippen LogP contribution in [0.25, 0.3) is 11.1 Å². The second-order valence-electron chi connectivity index (χ2n) is 8.47. The number of likely N-dealkylation sites (tertiary alicyclic amines) is 1. The molecule has 2 heterocycles. The SMILES string of the molecule is C=CCNC(=O)[C@]1(Cc2cccc(-c3ccc(C)cc3)c2)CCN(C(=O)c2ccn[nH]2)C1. The van der Waals surface area contributed by atoms with Gasteiger partial charge in [0.2, 0.25) is 5.91 Å². The first-order valence-corrected chi connectivity index (χ1v) is 10.8. The molecule has 0 bridgehead atoms. The molecule has 1 aromatic heterocycles. The molecule has 0 spiro atoms. The Bertz CT molecular complexity index is 1110. The van der Waals surface area contributed by atoms with Gasteiger partial charge in [-0.2, -0.15) is 5.10 Å². The number of carbonyl (C=O) groups excluding carboxylic acids is 2. The smallest absolute Gasteiger partial charge is 0.271 e. The summed E-state index contributed by atoms with van der Waals surface area (Å²) < 4.78 is 0. The summed E-state index contributed by atoms with van der Waals surface area (Å²) in [5.41, 5.74) is 4.31. The van der Waals surface area contributed by atoms with Gasteiger partial charge in [-0.1, -0.05) is 60.2 Å². The van der Waals surface area contributed by atoms with Crippen molar-refractivity contribution < 1.29 is 9.59 Å². The van der Waals surface area contributed by atoms with Crippen LogP contribution in [0.4, 0.5) is 0 Å². The number of aromatic amines is 1. The zero-order valence-corrected chi connectivity index (χ0v) is 18.3. The summed E-state index contributed by atoms with van der Waals surface area (Å²) in [4.78, 5) is 27.9. The van der Waals surface area contributed by atoms with E-state index in [1.807, 2.05) is 6.07 Å². The molecule has 4 rings (SSSR count). The minimum absolute atomic E-state index is 0.0435. The van der Waals surface area contributed by atoms with Gasteiger partial charge in [0.1, 0.15) is 5.69 Å². The Morgan fingerprint density at radius 2 is 2.00 bits per heavy atom. The predicted molar refractivity (Wildman–Crippen MR) is 125 cm³/mol. The van der Waals surface area contributed by atoms with Gasteiger partial charge >= 0.3 is 0 Å². The number of amides is 2. The van der Waals surface area contributed by atoms with E-state index in [1.165, 1.54) is 5.56 Å². The lowest BCUT2D eigenvalue weighted by Gasteiger charge is -2.28. The molecule has 0 aliphatic carbocycles. The van der Waals surface area contributed by atoms with Crippen molar-refractivity contribution in [1.29, 1.82) is 0 Å². The number of carbonyl (C=O) groups is 2. The molecular weight excluding hydrogens is 400 g/mol. The van der Waals surface area contributed by atoms with Crippen LogP contribution in [0.1, 0.15) is 28.0 Å². The summed E-state index contributed by atoms with van der Waals surface area (Å²) in [6.07, 6.45) is 4.39. The Hall–Kier alpha value is -3.67. The molecule has 0 saturated carbocycles. The van der Waals surface area contributed by atoms with Crippen molar-refractivity contribution in [3.63, 3.8) is 0 Å². The maximum atomic E-state index is 13.3. The normalized spacial score (nSPS) is 17.8. The Morgan fingerprint density at radius 3 is 2.72 bits per heavy atom. The van der Waals surface area contributed by atoms with E-state index in [4.69, 9.17) is 0 Å². The van der Waals surface area contributed by atoms with E-state index >= 15 is 0 Å². The van der Waals surface area contributed by atoms with E-state index in [0.717, 1.165) is 16.7 Å². The van der Waals surface area contributed by atoms with Crippen molar-refractivity contribution in [2.45, 2.75) is 19.8 Å². The molecule has 0 unspecified atom stereocenters. The minimum Gasteiger partial charge on any atom is -0.352 e. The van der Waals surface area contributed by atoms with Crippen molar-refractivity contribution >= 4 is 11.8 Å². The monoisotopic (exact) mass is 428 g/mol. The topological polar surface area (TPSA) is 78.1 Å². The highest BCUT2D eigenvalue weighted by Crippen LogP contribution is 2.36. The number of aromatic nitrogens is 2. The summed E-state index contributed by atoms with van der Waals surface area (Å²) >= 11 is 0. The molecule has 32 heavy (non-hydrogen) atoms. The highest BCUT2D eigenvalue weighted by Gasteiger charge is 2.46. The average Bonchev–Trinajstić information content (AvgIpc) is 3.49. The minimum atomic E-state index is -0.690. The fourth-order valence-electron chi connectivity index (χ4n) is 4.35. The maximum absolute atomic E-state index is 13.3. The lowest BCUT2D eigenvalue weighted by molar-refractivity contribution is -0.130. The van der Waals surface area contributed by atoms with E-state index in [0.29, 0.717) is 38.2 Å². The largest absolute Gasteiger partial charge is 0.352 e. The summed E-state index contributed by atoms with van der Waals surface area (Å²) in [6, 6.07) is 18.4. The summed E-state index contributed by atoms with van der Waals surface area (Å²) in [5, 5.41) is 9.57. The Labute approximate surface area is 188 Å². The number of H-pyrrole nitrogens is 1. The highest BCUT2D eigenvalue weighted by atomic mass is 16.2. The van der Waals surface area contributed by atoms with E-state index in [2.05, 4.69) is 71.5 Å². The number of hydrogen-bond acceptors (Lipinski definition) is 3. The first kappa shape index (κ1) is 21.6. The lowest BCUT2D eigenvalue weighted by Crippen LogP contribution is -2.45. The van der Waals surface area contributed by atoms with Gasteiger partial charge in [-0.15, -0.1) is 6.58 Å². The van der Waals surface area contributed by atoms with Gasteiger partial charge in [0.15, 0.2) is 0 Å². The van der Waals surface area contributed by atoms with Crippen molar-refractivity contribution in [2.75, 3.05) is 19.6 Å². The predicted octanol–water partition coefficient (Wildman–Crippen LogP) is 3.76. The molecule has 2 aromatic carbocycles. The van der Waals surface area contributed by atoms with E-state index < -0.39 is 5.41 Å². The number of benzene rings is 2. The first-order chi connectivity index (χ1) is 15.5. The molecule has 6 nitrogen and oxygen atoms in total. The van der Waals surface area contributed by atoms with E-state index in [9.17, 15) is 9.59 Å². The van der Waals surface area contributed by atoms with Crippen LogP contribution >= 0.6 is 0 Å². The standard InChI is InChI=1S/C26H28N4O2/c1-3-13-27-25(32)26(12-15-30(18-26)24(31)23-11-14-28-29-23)17-20-5-4-6-22(16-20)21-9-7-19(2)8-10-21/h3-11,14,16H,1,12-13,15,17-18H2,2H3,(H,27,32)(H,28,29)/t26-/m0/s1. The lowest BCUT2D eigenvalue weighted by atomic mass is 9.79. The van der Waals surface area contributed by atoms with Crippen molar-refractivity contribution in [3.8, 4) is 11.1 Å². The summed E-state index contributed by atoms with van der Waals surface area (Å²) in [6.45, 7) is 7.07. The third kappa shape index (κ3) is 4.49. The number of rotatable bonds is 7. The zero-order valence-electron chi connectivity index (χ0n) is 18.3. The van der Waals surface area contributed by atoms with Crippen LogP contribution in [-0.4, -0.2) is 46.5 Å². The molecule has 2 amide bonds. The third-order valence-corrected chi connectivity index (χ3v) is 6.12. The number of aryl methyl sites for hydroxylation is 1. The van der Waals surface area contributed by atoms with Crippen molar-refractivity contribution in [1.82, 2.24) is 20.4 Å². The fraction of sp³-hybridized carbons (Fsp3) is 0.269. The van der Waals surface area contributed by atoms with Gasteiger partial charge < -0.3 is 10.2 Å². The zero-order chi connectivity index (χ0) is 22.6. The summed E-state index contributed by atoms with van der Waals surface area (Å²) in [5.74, 6) is -0.174. The molecule has 1 saturated heterocycles. The molecular formula is C26H28N4O2.